The summed E-state index contributed by atoms with van der Waals surface area (Å²) in [5.41, 5.74) is 0.857. The van der Waals surface area contributed by atoms with E-state index in [1.54, 1.807) is 17.4 Å². The third kappa shape index (κ3) is 2.94. The van der Waals surface area contributed by atoms with Crippen molar-refractivity contribution in [3.63, 3.8) is 0 Å². The Morgan fingerprint density at radius 3 is 3.24 bits per heavy atom. The number of thiazole rings is 1. The van der Waals surface area contributed by atoms with E-state index in [-0.39, 0.29) is 0 Å². The molecule has 1 unspecified atom stereocenters. The van der Waals surface area contributed by atoms with Gasteiger partial charge in [0.15, 0.2) is 10.8 Å². The molecule has 1 N–H and O–H groups in total. The summed E-state index contributed by atoms with van der Waals surface area (Å²) in [5, 5.41) is 11.5. The van der Waals surface area contributed by atoms with Crippen LogP contribution in [0.5, 0.6) is 0 Å². The zero-order valence-corrected chi connectivity index (χ0v) is 13.4. The predicted octanol–water partition coefficient (Wildman–Crippen LogP) is 2.83. The Hall–Kier alpha value is -1.47. The minimum atomic E-state index is -0.938. The molecule has 1 aliphatic rings. The molecule has 2 aromatic rings. The van der Waals surface area contributed by atoms with Gasteiger partial charge in [0.2, 0.25) is 0 Å². The van der Waals surface area contributed by atoms with Gasteiger partial charge in [-0.05, 0) is 12.5 Å². The molecule has 0 radical (unpaired) electrons. The number of imidazole rings is 1. The highest BCUT2D eigenvalue weighted by atomic mass is 32.2. The van der Waals surface area contributed by atoms with E-state index in [1.165, 1.54) is 6.08 Å². The smallest absolute Gasteiger partial charge is 0.328 e. The first-order chi connectivity index (χ1) is 10.2. The summed E-state index contributed by atoms with van der Waals surface area (Å²) >= 11 is 3.57. The van der Waals surface area contributed by atoms with E-state index in [0.717, 1.165) is 41.7 Å². The standard InChI is InChI=1S/C14H17N3O2S2/c1-2-10-9-16(5-7-20-10)13-11(3-4-12(18)19)17-6-8-21-14(17)15-13/h3-4,6,8,10H,2,5,7,9H2,1H3,(H,18,19)/b4-3+. The molecule has 0 spiro atoms. The second-order valence-corrected chi connectivity index (χ2v) is 7.18. The molecule has 21 heavy (non-hydrogen) atoms. The van der Waals surface area contributed by atoms with Gasteiger partial charge in [0.1, 0.15) is 0 Å². The van der Waals surface area contributed by atoms with Crippen LogP contribution in [0, 0.1) is 0 Å². The Kier molecular flexibility index (Phi) is 4.21. The summed E-state index contributed by atoms with van der Waals surface area (Å²) < 4.78 is 1.96. The molecule has 2 aromatic heterocycles. The third-order valence-corrected chi connectivity index (χ3v) is 5.69. The molecule has 1 atom stereocenters. The molecule has 3 heterocycles. The first-order valence-electron chi connectivity index (χ1n) is 6.92. The number of fused-ring (bicyclic) bond motifs is 1. The summed E-state index contributed by atoms with van der Waals surface area (Å²) in [5.74, 6) is 1.05. The number of aliphatic carboxylic acids is 1. The maximum atomic E-state index is 10.8. The van der Waals surface area contributed by atoms with Gasteiger partial charge in [0.05, 0.1) is 5.69 Å². The molecule has 0 amide bonds. The molecule has 1 fully saturated rings. The van der Waals surface area contributed by atoms with Gasteiger partial charge >= 0.3 is 5.97 Å². The van der Waals surface area contributed by atoms with Crippen LogP contribution in [-0.4, -0.2) is 44.6 Å². The van der Waals surface area contributed by atoms with Crippen molar-refractivity contribution in [2.45, 2.75) is 18.6 Å². The van der Waals surface area contributed by atoms with Crippen LogP contribution < -0.4 is 4.90 Å². The molecular formula is C14H17N3O2S2. The molecule has 0 aromatic carbocycles. The SMILES string of the molecule is CCC1CN(c2nc3sccn3c2/C=C/C(=O)O)CCS1. The highest BCUT2D eigenvalue weighted by Crippen LogP contribution is 2.30. The molecule has 5 nitrogen and oxygen atoms in total. The maximum Gasteiger partial charge on any atom is 0.328 e. The average molecular weight is 323 g/mol. The predicted molar refractivity (Wildman–Crippen MR) is 88.5 cm³/mol. The van der Waals surface area contributed by atoms with Crippen LogP contribution in [0.15, 0.2) is 17.7 Å². The van der Waals surface area contributed by atoms with Gasteiger partial charge in [-0.25, -0.2) is 9.78 Å². The first-order valence-corrected chi connectivity index (χ1v) is 8.85. The summed E-state index contributed by atoms with van der Waals surface area (Å²) in [6, 6.07) is 0. The number of anilines is 1. The lowest BCUT2D eigenvalue weighted by atomic mass is 10.2. The van der Waals surface area contributed by atoms with Crippen molar-refractivity contribution in [1.82, 2.24) is 9.38 Å². The number of rotatable bonds is 4. The van der Waals surface area contributed by atoms with Crippen LogP contribution in [0.4, 0.5) is 5.82 Å². The van der Waals surface area contributed by atoms with Crippen molar-refractivity contribution in [1.29, 1.82) is 0 Å². The zero-order valence-electron chi connectivity index (χ0n) is 11.7. The van der Waals surface area contributed by atoms with Crippen molar-refractivity contribution in [3.05, 3.63) is 23.3 Å². The van der Waals surface area contributed by atoms with Crippen molar-refractivity contribution in [2.75, 3.05) is 23.7 Å². The van der Waals surface area contributed by atoms with Gasteiger partial charge in [-0.2, -0.15) is 11.8 Å². The fraction of sp³-hybridized carbons (Fsp3) is 0.429. The number of carboxylic acid groups (broad SMARTS) is 1. The fourth-order valence-corrected chi connectivity index (χ4v) is 4.38. The Labute approximate surface area is 131 Å². The molecule has 1 aliphatic heterocycles. The van der Waals surface area contributed by atoms with E-state index in [1.807, 2.05) is 27.7 Å². The zero-order chi connectivity index (χ0) is 14.8. The van der Waals surface area contributed by atoms with Gasteiger partial charge in [-0.15, -0.1) is 11.3 Å². The first kappa shape index (κ1) is 14.5. The molecule has 0 bridgehead atoms. The fourth-order valence-electron chi connectivity index (χ4n) is 2.49. The Bertz CT molecular complexity index is 677. The van der Waals surface area contributed by atoms with Gasteiger partial charge in [-0.3, -0.25) is 4.40 Å². The number of carboxylic acids is 1. The normalized spacial score (nSPS) is 19.7. The van der Waals surface area contributed by atoms with Crippen LogP contribution in [0.25, 0.3) is 11.0 Å². The van der Waals surface area contributed by atoms with E-state index < -0.39 is 5.97 Å². The second-order valence-electron chi connectivity index (χ2n) is 4.89. The number of hydrogen-bond acceptors (Lipinski definition) is 5. The summed E-state index contributed by atoms with van der Waals surface area (Å²) in [4.78, 5) is 18.7. The van der Waals surface area contributed by atoms with Crippen LogP contribution in [0.3, 0.4) is 0 Å². The molecule has 0 aliphatic carbocycles. The molecule has 112 valence electrons. The van der Waals surface area contributed by atoms with Crippen LogP contribution in [0.2, 0.25) is 0 Å². The number of carbonyl (C=O) groups is 1. The van der Waals surface area contributed by atoms with Crippen LogP contribution in [-0.2, 0) is 4.79 Å². The Balaban J connectivity index is 1.98. The lowest BCUT2D eigenvalue weighted by Crippen LogP contribution is -2.38. The number of nitrogens with zero attached hydrogens (tertiary/aromatic N) is 3. The van der Waals surface area contributed by atoms with E-state index in [4.69, 9.17) is 10.1 Å². The molecule has 7 heteroatoms. The van der Waals surface area contributed by atoms with Crippen molar-refractivity contribution >= 4 is 45.9 Å². The van der Waals surface area contributed by atoms with E-state index >= 15 is 0 Å². The molecular weight excluding hydrogens is 306 g/mol. The Morgan fingerprint density at radius 2 is 2.48 bits per heavy atom. The van der Waals surface area contributed by atoms with Gasteiger partial charge in [-0.1, -0.05) is 6.92 Å². The number of aromatic nitrogens is 2. The second kappa shape index (κ2) is 6.11. The highest BCUT2D eigenvalue weighted by Gasteiger charge is 2.24. The molecule has 3 rings (SSSR count). The van der Waals surface area contributed by atoms with E-state index in [2.05, 4.69) is 11.8 Å². The topological polar surface area (TPSA) is 57.8 Å². The van der Waals surface area contributed by atoms with E-state index in [0.29, 0.717) is 5.25 Å². The van der Waals surface area contributed by atoms with Crippen molar-refractivity contribution in [3.8, 4) is 0 Å². The van der Waals surface area contributed by atoms with Crippen molar-refractivity contribution < 1.29 is 9.90 Å². The average Bonchev–Trinajstić information content (AvgIpc) is 3.06. The number of thioether (sulfide) groups is 1. The number of hydrogen-bond donors (Lipinski definition) is 1. The van der Waals surface area contributed by atoms with Crippen LogP contribution in [0.1, 0.15) is 19.0 Å². The quantitative estimate of drug-likeness (QED) is 0.877. The summed E-state index contributed by atoms with van der Waals surface area (Å²) in [7, 11) is 0. The van der Waals surface area contributed by atoms with Gasteiger partial charge in [0.25, 0.3) is 0 Å². The minimum Gasteiger partial charge on any atom is -0.478 e. The van der Waals surface area contributed by atoms with Crippen LogP contribution >= 0.6 is 23.1 Å². The van der Waals surface area contributed by atoms with Gasteiger partial charge < -0.3 is 10.0 Å². The third-order valence-electron chi connectivity index (χ3n) is 3.56. The maximum absolute atomic E-state index is 10.8. The summed E-state index contributed by atoms with van der Waals surface area (Å²) in [6.07, 6.45) is 5.91. The Morgan fingerprint density at radius 1 is 1.62 bits per heavy atom. The monoisotopic (exact) mass is 323 g/mol. The van der Waals surface area contributed by atoms with Crippen molar-refractivity contribution in [2.24, 2.45) is 0 Å². The van der Waals surface area contributed by atoms with Gasteiger partial charge in [0, 0.05) is 41.7 Å². The highest BCUT2D eigenvalue weighted by molar-refractivity contribution is 8.00. The lowest BCUT2D eigenvalue weighted by Gasteiger charge is -2.32. The van der Waals surface area contributed by atoms with E-state index in [9.17, 15) is 4.79 Å². The largest absolute Gasteiger partial charge is 0.478 e. The summed E-state index contributed by atoms with van der Waals surface area (Å²) in [6.45, 7) is 4.14. The minimum absolute atomic E-state index is 0.620. The molecule has 0 saturated carbocycles. The molecule has 1 saturated heterocycles. The lowest BCUT2D eigenvalue weighted by molar-refractivity contribution is -0.131.